The third-order valence-corrected chi connectivity index (χ3v) is 5.22. The second kappa shape index (κ2) is 5.86. The molecule has 1 unspecified atom stereocenters. The van der Waals surface area contributed by atoms with Crippen molar-refractivity contribution in [3.8, 4) is 22.3 Å². The van der Waals surface area contributed by atoms with Crippen LogP contribution in [0.4, 0.5) is 0 Å². The molecule has 0 amide bonds. The third kappa shape index (κ3) is 2.69. The fourth-order valence-electron chi connectivity index (χ4n) is 3.86. The van der Waals surface area contributed by atoms with Gasteiger partial charge in [-0.2, -0.15) is 0 Å². The molecule has 1 nitrogen and oxygen atoms in total. The number of hydrogen-bond donors (Lipinski definition) is 1. The molecule has 0 bridgehead atoms. The van der Waals surface area contributed by atoms with Crippen LogP contribution >= 0.6 is 0 Å². The van der Waals surface area contributed by atoms with E-state index in [9.17, 15) is 5.11 Å². The average molecular weight is 328 g/mol. The quantitative estimate of drug-likeness (QED) is 0.478. The summed E-state index contributed by atoms with van der Waals surface area (Å²) in [5, 5.41) is 10.9. The third-order valence-electron chi connectivity index (χ3n) is 5.22. The van der Waals surface area contributed by atoms with E-state index in [1.165, 1.54) is 27.8 Å². The molecule has 3 aromatic rings. The molecule has 1 N–H and O–H groups in total. The van der Waals surface area contributed by atoms with Crippen LogP contribution in [0.3, 0.4) is 0 Å². The fraction of sp³-hybridized carbons (Fsp3) is 0.250. The molecule has 0 aliphatic heterocycles. The molecule has 1 atom stereocenters. The SMILES string of the molecule is CC(C)(C)C(O)c1ccccc1-c1cccc2c1Cc1ccccc1-2. The number of hydrogen-bond acceptors (Lipinski definition) is 1. The van der Waals surface area contributed by atoms with Gasteiger partial charge in [0.1, 0.15) is 0 Å². The highest BCUT2D eigenvalue weighted by molar-refractivity contribution is 5.85. The number of aliphatic hydroxyl groups excluding tert-OH is 1. The summed E-state index contributed by atoms with van der Waals surface area (Å²) in [5.74, 6) is 0. The minimum Gasteiger partial charge on any atom is -0.388 e. The maximum absolute atomic E-state index is 10.9. The first kappa shape index (κ1) is 16.1. The normalized spacial score (nSPS) is 14.1. The summed E-state index contributed by atoms with van der Waals surface area (Å²) >= 11 is 0. The number of benzene rings is 3. The molecule has 0 spiro atoms. The highest BCUT2D eigenvalue weighted by Gasteiger charge is 2.28. The van der Waals surface area contributed by atoms with Crippen molar-refractivity contribution in [3.63, 3.8) is 0 Å². The zero-order valence-electron chi connectivity index (χ0n) is 15.1. The molecular weight excluding hydrogens is 304 g/mol. The maximum Gasteiger partial charge on any atom is 0.0844 e. The standard InChI is InChI=1S/C24H24O/c1-24(2,3)23(25)21-12-7-6-11-19(21)20-14-8-13-18-17-10-5-4-9-16(17)15-22(18)20/h4-14,23,25H,15H2,1-3H3. The van der Waals surface area contributed by atoms with Crippen LogP contribution in [0, 0.1) is 5.41 Å². The van der Waals surface area contributed by atoms with Gasteiger partial charge in [-0.05, 0) is 50.8 Å². The summed E-state index contributed by atoms with van der Waals surface area (Å²) in [7, 11) is 0. The van der Waals surface area contributed by atoms with Crippen molar-refractivity contribution in [2.75, 3.05) is 0 Å². The molecule has 0 fully saturated rings. The van der Waals surface area contributed by atoms with Gasteiger partial charge in [0.2, 0.25) is 0 Å². The van der Waals surface area contributed by atoms with Crippen molar-refractivity contribution < 1.29 is 5.11 Å². The molecular formula is C24H24O. The van der Waals surface area contributed by atoms with Gasteiger partial charge in [-0.15, -0.1) is 0 Å². The average Bonchev–Trinajstić information content (AvgIpc) is 2.99. The first-order valence-corrected chi connectivity index (χ1v) is 8.94. The van der Waals surface area contributed by atoms with Gasteiger partial charge < -0.3 is 5.11 Å². The molecule has 3 aromatic carbocycles. The van der Waals surface area contributed by atoms with E-state index in [0.717, 1.165) is 17.5 Å². The molecule has 126 valence electrons. The Kier molecular flexibility index (Phi) is 3.77. The van der Waals surface area contributed by atoms with Crippen molar-refractivity contribution in [2.24, 2.45) is 5.41 Å². The van der Waals surface area contributed by atoms with Crippen LogP contribution in [-0.2, 0) is 6.42 Å². The Bertz CT molecular complexity index is 931. The highest BCUT2D eigenvalue weighted by Crippen LogP contribution is 2.44. The van der Waals surface area contributed by atoms with E-state index in [-0.39, 0.29) is 5.41 Å². The Morgan fingerprint density at radius 3 is 2.00 bits per heavy atom. The lowest BCUT2D eigenvalue weighted by Gasteiger charge is -2.28. The molecule has 0 radical (unpaired) electrons. The molecule has 0 saturated carbocycles. The van der Waals surface area contributed by atoms with Gasteiger partial charge in [-0.1, -0.05) is 87.5 Å². The van der Waals surface area contributed by atoms with E-state index in [2.05, 4.69) is 81.4 Å². The number of fused-ring (bicyclic) bond motifs is 3. The van der Waals surface area contributed by atoms with Crippen LogP contribution in [0.5, 0.6) is 0 Å². The van der Waals surface area contributed by atoms with Gasteiger partial charge in [-0.25, -0.2) is 0 Å². The second-order valence-electron chi connectivity index (χ2n) is 8.02. The highest BCUT2D eigenvalue weighted by atomic mass is 16.3. The van der Waals surface area contributed by atoms with Crippen molar-refractivity contribution >= 4 is 0 Å². The van der Waals surface area contributed by atoms with Crippen LogP contribution in [0.2, 0.25) is 0 Å². The molecule has 0 heterocycles. The monoisotopic (exact) mass is 328 g/mol. The Balaban J connectivity index is 1.89. The molecule has 1 aliphatic rings. The summed E-state index contributed by atoms with van der Waals surface area (Å²) in [6.45, 7) is 6.25. The minimum absolute atomic E-state index is 0.197. The van der Waals surface area contributed by atoms with E-state index >= 15 is 0 Å². The van der Waals surface area contributed by atoms with Crippen LogP contribution in [-0.4, -0.2) is 5.11 Å². The predicted octanol–water partition coefficient (Wildman–Crippen LogP) is 6.00. The van der Waals surface area contributed by atoms with Crippen LogP contribution in [0.25, 0.3) is 22.3 Å². The fourth-order valence-corrected chi connectivity index (χ4v) is 3.86. The van der Waals surface area contributed by atoms with Crippen LogP contribution in [0.1, 0.15) is 43.6 Å². The van der Waals surface area contributed by atoms with E-state index in [1.807, 2.05) is 6.07 Å². The van der Waals surface area contributed by atoms with Crippen LogP contribution < -0.4 is 0 Å². The van der Waals surface area contributed by atoms with Crippen molar-refractivity contribution in [2.45, 2.75) is 33.3 Å². The summed E-state index contributed by atoms with van der Waals surface area (Å²) in [6, 6.07) is 23.5. The molecule has 25 heavy (non-hydrogen) atoms. The first-order valence-electron chi connectivity index (χ1n) is 8.94. The maximum atomic E-state index is 10.9. The number of aliphatic hydroxyl groups is 1. The predicted molar refractivity (Wildman–Crippen MR) is 105 cm³/mol. The van der Waals surface area contributed by atoms with Crippen molar-refractivity contribution in [3.05, 3.63) is 83.4 Å². The Morgan fingerprint density at radius 1 is 0.720 bits per heavy atom. The molecule has 0 saturated heterocycles. The van der Waals surface area contributed by atoms with Gasteiger partial charge in [0.25, 0.3) is 0 Å². The van der Waals surface area contributed by atoms with Crippen molar-refractivity contribution in [1.29, 1.82) is 0 Å². The zero-order chi connectivity index (χ0) is 17.6. The van der Waals surface area contributed by atoms with E-state index < -0.39 is 6.10 Å². The van der Waals surface area contributed by atoms with Gasteiger partial charge in [0.05, 0.1) is 6.10 Å². The molecule has 1 heteroatoms. The lowest BCUT2D eigenvalue weighted by atomic mass is 9.81. The van der Waals surface area contributed by atoms with Gasteiger partial charge >= 0.3 is 0 Å². The summed E-state index contributed by atoms with van der Waals surface area (Å²) in [4.78, 5) is 0. The first-order chi connectivity index (χ1) is 12.0. The van der Waals surface area contributed by atoms with Gasteiger partial charge in [0.15, 0.2) is 0 Å². The summed E-state index contributed by atoms with van der Waals surface area (Å²) in [5.41, 5.74) is 8.63. The van der Waals surface area contributed by atoms with Gasteiger partial charge in [-0.3, -0.25) is 0 Å². The Hall–Kier alpha value is -2.38. The zero-order valence-corrected chi connectivity index (χ0v) is 15.1. The van der Waals surface area contributed by atoms with Crippen LogP contribution in [0.15, 0.2) is 66.7 Å². The lowest BCUT2D eigenvalue weighted by Crippen LogP contribution is -2.18. The van der Waals surface area contributed by atoms with Crippen molar-refractivity contribution in [1.82, 2.24) is 0 Å². The van der Waals surface area contributed by atoms with E-state index in [1.54, 1.807) is 0 Å². The van der Waals surface area contributed by atoms with Gasteiger partial charge in [0, 0.05) is 0 Å². The Labute approximate surface area is 150 Å². The topological polar surface area (TPSA) is 20.2 Å². The minimum atomic E-state index is -0.497. The smallest absolute Gasteiger partial charge is 0.0844 e. The summed E-state index contributed by atoms with van der Waals surface area (Å²) < 4.78 is 0. The Morgan fingerprint density at radius 2 is 1.28 bits per heavy atom. The van der Waals surface area contributed by atoms with E-state index in [0.29, 0.717) is 0 Å². The second-order valence-corrected chi connectivity index (χ2v) is 8.02. The molecule has 0 aromatic heterocycles. The number of rotatable bonds is 2. The summed E-state index contributed by atoms with van der Waals surface area (Å²) in [6.07, 6.45) is 0.463. The largest absolute Gasteiger partial charge is 0.388 e. The molecule has 4 rings (SSSR count). The molecule has 1 aliphatic carbocycles. The van der Waals surface area contributed by atoms with E-state index in [4.69, 9.17) is 0 Å². The lowest BCUT2D eigenvalue weighted by molar-refractivity contribution is 0.0631.